The van der Waals surface area contributed by atoms with E-state index in [1.54, 1.807) is 31.2 Å². The van der Waals surface area contributed by atoms with Crippen LogP contribution in [0.4, 0.5) is 5.69 Å². The van der Waals surface area contributed by atoms with E-state index in [1.165, 1.54) is 14.0 Å². The third-order valence-electron chi connectivity index (χ3n) is 3.32. The fourth-order valence-corrected chi connectivity index (χ4v) is 2.45. The Kier molecular flexibility index (Phi) is 5.34. The Morgan fingerprint density at radius 3 is 2.65 bits per heavy atom. The van der Waals surface area contributed by atoms with Gasteiger partial charge in [0.1, 0.15) is 7.11 Å². The normalized spacial score (nSPS) is 21.4. The summed E-state index contributed by atoms with van der Waals surface area (Å²) >= 11 is 3.33. The van der Waals surface area contributed by atoms with Crippen molar-refractivity contribution in [1.82, 2.24) is 5.48 Å². The number of carbonyl (C=O) groups excluding carboxylic acids is 1. The average molecular weight is 385 g/mol. The number of rotatable bonds is 5. The SMILES string of the molecule is CCOC1=NN(c2ccc(Br)cc2)C(=O)C1(NO)/C(C)=N/OC. The third-order valence-corrected chi connectivity index (χ3v) is 3.84. The minimum absolute atomic E-state index is 0.00582. The molecule has 0 saturated heterocycles. The lowest BCUT2D eigenvalue weighted by molar-refractivity contribution is -0.122. The average Bonchev–Trinajstić information content (AvgIpc) is 2.82. The molecule has 23 heavy (non-hydrogen) atoms. The molecular weight excluding hydrogens is 368 g/mol. The fourth-order valence-electron chi connectivity index (χ4n) is 2.18. The highest BCUT2D eigenvalue weighted by Gasteiger charge is 2.56. The van der Waals surface area contributed by atoms with Gasteiger partial charge in [-0.1, -0.05) is 21.1 Å². The second kappa shape index (κ2) is 7.07. The summed E-state index contributed by atoms with van der Waals surface area (Å²) in [5, 5.41) is 18.8. The predicted molar refractivity (Wildman–Crippen MR) is 88.5 cm³/mol. The van der Waals surface area contributed by atoms with Gasteiger partial charge in [-0.3, -0.25) is 4.79 Å². The lowest BCUT2D eigenvalue weighted by Crippen LogP contribution is -2.62. The molecule has 0 aliphatic carbocycles. The van der Waals surface area contributed by atoms with Crippen LogP contribution in [-0.2, 0) is 14.4 Å². The second-order valence-electron chi connectivity index (χ2n) is 4.65. The van der Waals surface area contributed by atoms with Crippen molar-refractivity contribution < 1.29 is 19.6 Å². The Morgan fingerprint density at radius 2 is 2.13 bits per heavy atom. The molecule has 1 amide bonds. The summed E-state index contributed by atoms with van der Waals surface area (Å²) in [4.78, 5) is 17.6. The molecule has 1 aromatic carbocycles. The van der Waals surface area contributed by atoms with Crippen LogP contribution in [0.15, 0.2) is 39.0 Å². The number of hydrogen-bond acceptors (Lipinski definition) is 7. The molecule has 0 spiro atoms. The van der Waals surface area contributed by atoms with E-state index in [9.17, 15) is 10.0 Å². The summed E-state index contributed by atoms with van der Waals surface area (Å²) in [5.74, 6) is -0.558. The van der Waals surface area contributed by atoms with Gasteiger partial charge in [0.2, 0.25) is 11.4 Å². The van der Waals surface area contributed by atoms with Crippen molar-refractivity contribution in [3.8, 4) is 0 Å². The molecule has 2 rings (SSSR count). The van der Waals surface area contributed by atoms with E-state index >= 15 is 0 Å². The quantitative estimate of drug-likeness (QED) is 0.596. The topological polar surface area (TPSA) is 95.8 Å². The smallest absolute Gasteiger partial charge is 0.285 e. The largest absolute Gasteiger partial charge is 0.478 e. The maximum absolute atomic E-state index is 12.9. The van der Waals surface area contributed by atoms with Crippen LogP contribution in [0.5, 0.6) is 0 Å². The Hall–Kier alpha value is -1.97. The number of anilines is 1. The molecule has 8 nitrogen and oxygen atoms in total. The zero-order valence-electron chi connectivity index (χ0n) is 12.9. The summed E-state index contributed by atoms with van der Waals surface area (Å²) in [6.45, 7) is 3.55. The second-order valence-corrected chi connectivity index (χ2v) is 5.57. The van der Waals surface area contributed by atoms with Gasteiger partial charge in [-0.2, -0.15) is 10.5 Å². The maximum Gasteiger partial charge on any atom is 0.285 e. The van der Waals surface area contributed by atoms with Crippen molar-refractivity contribution >= 4 is 39.1 Å². The lowest BCUT2D eigenvalue weighted by Gasteiger charge is -2.25. The van der Waals surface area contributed by atoms with Gasteiger partial charge in [-0.05, 0) is 38.1 Å². The van der Waals surface area contributed by atoms with Crippen LogP contribution in [0, 0.1) is 0 Å². The first-order chi connectivity index (χ1) is 11.0. The van der Waals surface area contributed by atoms with Crippen LogP contribution in [0.3, 0.4) is 0 Å². The maximum atomic E-state index is 12.9. The number of hydrogen-bond donors (Lipinski definition) is 2. The molecule has 0 saturated carbocycles. The molecular formula is C14H17BrN4O4. The van der Waals surface area contributed by atoms with E-state index in [-0.39, 0.29) is 18.2 Å². The van der Waals surface area contributed by atoms with E-state index in [0.717, 1.165) is 9.48 Å². The van der Waals surface area contributed by atoms with Gasteiger partial charge >= 0.3 is 0 Å². The minimum atomic E-state index is -1.72. The van der Waals surface area contributed by atoms with Crippen molar-refractivity contribution in [3.63, 3.8) is 0 Å². The molecule has 1 aliphatic rings. The van der Waals surface area contributed by atoms with E-state index in [0.29, 0.717) is 5.69 Å². The zero-order chi connectivity index (χ0) is 17.0. The number of hydroxylamine groups is 1. The van der Waals surface area contributed by atoms with Gasteiger partial charge in [0.05, 0.1) is 18.0 Å². The van der Waals surface area contributed by atoms with Gasteiger partial charge < -0.3 is 14.8 Å². The van der Waals surface area contributed by atoms with Gasteiger partial charge in [0.15, 0.2) is 0 Å². The Morgan fingerprint density at radius 1 is 1.48 bits per heavy atom. The predicted octanol–water partition coefficient (Wildman–Crippen LogP) is 1.89. The van der Waals surface area contributed by atoms with E-state index in [4.69, 9.17) is 9.57 Å². The molecule has 0 bridgehead atoms. The van der Waals surface area contributed by atoms with Crippen LogP contribution < -0.4 is 10.5 Å². The number of hydrazone groups is 1. The molecule has 0 fully saturated rings. The van der Waals surface area contributed by atoms with Crippen LogP contribution in [0.25, 0.3) is 0 Å². The number of carbonyl (C=O) groups is 1. The zero-order valence-corrected chi connectivity index (χ0v) is 14.5. The van der Waals surface area contributed by atoms with Crippen molar-refractivity contribution in [2.45, 2.75) is 19.4 Å². The number of ether oxygens (including phenoxy) is 1. The molecule has 124 valence electrons. The standard InChI is InChI=1S/C14H17BrN4O4/c1-4-23-12-14(18-21,9(2)17-22-3)13(20)19(16-12)11-7-5-10(15)6-8-11/h5-8,18,21H,4H2,1-3H3/b17-9+. The first-order valence-electron chi connectivity index (χ1n) is 6.82. The Labute approximate surface area is 141 Å². The molecule has 1 atom stereocenters. The number of nitrogens with one attached hydrogen (secondary N) is 1. The van der Waals surface area contributed by atoms with Gasteiger partial charge in [0.25, 0.3) is 5.91 Å². The van der Waals surface area contributed by atoms with Crippen LogP contribution >= 0.6 is 15.9 Å². The van der Waals surface area contributed by atoms with Gasteiger partial charge in [-0.25, -0.2) is 0 Å². The van der Waals surface area contributed by atoms with Gasteiger partial charge in [0, 0.05) is 4.47 Å². The first-order valence-corrected chi connectivity index (χ1v) is 7.62. The van der Waals surface area contributed by atoms with E-state index < -0.39 is 11.4 Å². The first kappa shape index (κ1) is 17.4. The van der Waals surface area contributed by atoms with Gasteiger partial charge in [-0.15, -0.1) is 5.10 Å². The van der Waals surface area contributed by atoms with Crippen molar-refractivity contribution in [2.75, 3.05) is 18.7 Å². The minimum Gasteiger partial charge on any atom is -0.478 e. The molecule has 1 aromatic rings. The summed E-state index contributed by atoms with van der Waals surface area (Å²) in [6.07, 6.45) is 0. The van der Waals surface area contributed by atoms with Crippen molar-refractivity contribution in [2.24, 2.45) is 10.3 Å². The summed E-state index contributed by atoms with van der Waals surface area (Å²) in [6, 6.07) is 6.98. The van der Waals surface area contributed by atoms with Crippen LogP contribution in [-0.4, -0.2) is 42.0 Å². The number of amides is 1. The highest BCUT2D eigenvalue weighted by Crippen LogP contribution is 2.29. The molecule has 1 aliphatic heterocycles. The summed E-state index contributed by atoms with van der Waals surface area (Å²) in [7, 11) is 1.35. The molecule has 0 aromatic heterocycles. The van der Waals surface area contributed by atoms with Crippen LogP contribution in [0.1, 0.15) is 13.8 Å². The monoisotopic (exact) mass is 384 g/mol. The Bertz CT molecular complexity index is 647. The van der Waals surface area contributed by atoms with Crippen molar-refractivity contribution in [3.05, 3.63) is 28.7 Å². The van der Waals surface area contributed by atoms with E-state index in [2.05, 4.69) is 26.2 Å². The lowest BCUT2D eigenvalue weighted by atomic mass is 9.94. The molecule has 1 heterocycles. The van der Waals surface area contributed by atoms with Crippen LogP contribution in [0.2, 0.25) is 0 Å². The van der Waals surface area contributed by atoms with E-state index in [1.807, 2.05) is 5.48 Å². The molecule has 0 radical (unpaired) electrons. The Balaban J connectivity index is 2.52. The number of benzene rings is 1. The highest BCUT2D eigenvalue weighted by atomic mass is 79.9. The molecule has 1 unspecified atom stereocenters. The molecule has 2 N–H and O–H groups in total. The third kappa shape index (κ3) is 2.94. The number of halogens is 1. The summed E-state index contributed by atoms with van der Waals surface area (Å²) < 4.78 is 6.31. The number of nitrogens with zero attached hydrogens (tertiary/aromatic N) is 3. The molecule has 9 heteroatoms. The summed E-state index contributed by atoms with van der Waals surface area (Å²) in [5.41, 5.74) is 0.959. The number of oxime groups is 1. The van der Waals surface area contributed by atoms with Crippen molar-refractivity contribution in [1.29, 1.82) is 0 Å². The highest BCUT2D eigenvalue weighted by molar-refractivity contribution is 9.10. The fraction of sp³-hybridized carbons (Fsp3) is 0.357.